The molecule has 0 aliphatic carbocycles. The van der Waals surface area contributed by atoms with Crippen LogP contribution in [0.3, 0.4) is 0 Å². The number of halogens is 1. The lowest BCUT2D eigenvalue weighted by Gasteiger charge is -2.33. The number of carbonyl (C=O) groups excluding carboxylic acids is 2. The smallest absolute Gasteiger partial charge is 0.264 e. The molecule has 4 rings (SSSR count). The van der Waals surface area contributed by atoms with Crippen LogP contribution in [0.5, 0.6) is 0 Å². The predicted octanol–water partition coefficient (Wildman–Crippen LogP) is 6.04. The van der Waals surface area contributed by atoms with Gasteiger partial charge in [0.25, 0.3) is 10.0 Å². The summed E-state index contributed by atoms with van der Waals surface area (Å²) in [5, 5.41) is 3.12. The summed E-state index contributed by atoms with van der Waals surface area (Å²) in [5.41, 5.74) is 2.87. The Morgan fingerprint density at radius 1 is 0.814 bits per heavy atom. The summed E-state index contributed by atoms with van der Waals surface area (Å²) in [6, 6.07) is 30.7. The summed E-state index contributed by atoms with van der Waals surface area (Å²) in [4.78, 5) is 29.2. The minimum atomic E-state index is -4.15. The van der Waals surface area contributed by atoms with E-state index in [-0.39, 0.29) is 29.7 Å². The van der Waals surface area contributed by atoms with Gasteiger partial charge in [-0.3, -0.25) is 13.9 Å². The van der Waals surface area contributed by atoms with Gasteiger partial charge in [-0.15, -0.1) is 0 Å². The lowest BCUT2D eigenvalue weighted by atomic mass is 10.0. The van der Waals surface area contributed by atoms with Gasteiger partial charge in [-0.2, -0.15) is 0 Å². The number of amides is 2. The van der Waals surface area contributed by atoms with Gasteiger partial charge in [-0.25, -0.2) is 8.42 Å². The molecule has 0 heterocycles. The first kappa shape index (κ1) is 31.8. The van der Waals surface area contributed by atoms with Crippen molar-refractivity contribution in [3.8, 4) is 0 Å². The van der Waals surface area contributed by atoms with Crippen LogP contribution in [0.25, 0.3) is 0 Å². The highest BCUT2D eigenvalue weighted by Crippen LogP contribution is 2.27. The van der Waals surface area contributed by atoms with Crippen LogP contribution in [0.15, 0.2) is 114 Å². The Morgan fingerprint density at radius 3 is 1.98 bits per heavy atom. The van der Waals surface area contributed by atoms with Crippen molar-refractivity contribution in [1.29, 1.82) is 0 Å². The quantitative estimate of drug-likeness (QED) is 0.210. The fourth-order valence-electron chi connectivity index (χ4n) is 4.80. The standard InChI is InChI=1S/C34H36ClN3O4S/c1-25(2)27-18-20-29(21-19-27)38(43(41,42)30-15-8-5-9-16-30)24-33(39)37(23-28-14-10-11-17-31(28)35)32(34(40)36-3)22-26-12-6-4-7-13-26/h4-21,25,32H,22-24H2,1-3H3,(H,36,40)/t32-/m0/s1. The number of rotatable bonds is 12. The second-order valence-corrected chi connectivity index (χ2v) is 12.8. The van der Waals surface area contributed by atoms with Gasteiger partial charge in [0.1, 0.15) is 12.6 Å². The average molecular weight is 618 g/mol. The largest absolute Gasteiger partial charge is 0.357 e. The normalized spacial score (nSPS) is 12.0. The van der Waals surface area contributed by atoms with Crippen LogP contribution in [-0.2, 0) is 32.6 Å². The van der Waals surface area contributed by atoms with Crippen molar-refractivity contribution in [2.75, 3.05) is 17.9 Å². The van der Waals surface area contributed by atoms with Crippen molar-refractivity contribution in [2.45, 2.75) is 43.7 Å². The maximum absolute atomic E-state index is 14.3. The molecule has 0 aliphatic heterocycles. The number of nitrogens with one attached hydrogen (secondary N) is 1. The van der Waals surface area contributed by atoms with Gasteiger partial charge in [0, 0.05) is 25.0 Å². The minimum absolute atomic E-state index is 0.00887. The fraction of sp³-hybridized carbons (Fsp3) is 0.235. The van der Waals surface area contributed by atoms with Crippen LogP contribution in [0.4, 0.5) is 5.69 Å². The summed E-state index contributed by atoms with van der Waals surface area (Å²) in [5.74, 6) is -0.674. The maximum atomic E-state index is 14.3. The number of hydrogen-bond donors (Lipinski definition) is 1. The zero-order valence-electron chi connectivity index (χ0n) is 24.5. The molecule has 0 unspecified atom stereocenters. The lowest BCUT2D eigenvalue weighted by Crippen LogP contribution is -2.53. The molecule has 0 spiro atoms. The van der Waals surface area contributed by atoms with E-state index < -0.39 is 28.5 Å². The first-order valence-corrected chi connectivity index (χ1v) is 15.9. The van der Waals surface area contributed by atoms with Crippen LogP contribution in [0.2, 0.25) is 5.02 Å². The third kappa shape index (κ3) is 7.83. The molecule has 4 aromatic carbocycles. The van der Waals surface area contributed by atoms with Crippen LogP contribution in [0.1, 0.15) is 36.5 Å². The molecule has 4 aromatic rings. The minimum Gasteiger partial charge on any atom is -0.357 e. The summed E-state index contributed by atoms with van der Waals surface area (Å²) in [7, 11) is -2.63. The highest BCUT2D eigenvalue weighted by atomic mass is 35.5. The zero-order chi connectivity index (χ0) is 31.0. The molecule has 9 heteroatoms. The van der Waals surface area contributed by atoms with E-state index >= 15 is 0 Å². The Morgan fingerprint density at radius 2 is 1.40 bits per heavy atom. The van der Waals surface area contributed by atoms with Crippen LogP contribution >= 0.6 is 11.6 Å². The Kier molecular flexibility index (Phi) is 10.6. The van der Waals surface area contributed by atoms with E-state index in [1.165, 1.54) is 24.1 Å². The summed E-state index contributed by atoms with van der Waals surface area (Å²) in [6.07, 6.45) is 0.227. The Balaban J connectivity index is 1.79. The van der Waals surface area contributed by atoms with Crippen molar-refractivity contribution in [1.82, 2.24) is 10.2 Å². The van der Waals surface area contributed by atoms with E-state index in [1.807, 2.05) is 42.5 Å². The molecule has 43 heavy (non-hydrogen) atoms. The third-order valence-electron chi connectivity index (χ3n) is 7.27. The maximum Gasteiger partial charge on any atom is 0.264 e. The van der Waals surface area contributed by atoms with Crippen molar-refractivity contribution in [3.05, 3.63) is 131 Å². The van der Waals surface area contributed by atoms with Gasteiger partial charge < -0.3 is 10.2 Å². The first-order valence-electron chi connectivity index (χ1n) is 14.1. The van der Waals surface area contributed by atoms with Crippen LogP contribution in [-0.4, -0.2) is 44.8 Å². The second kappa shape index (κ2) is 14.4. The molecular formula is C34H36ClN3O4S. The molecule has 0 fully saturated rings. The van der Waals surface area contributed by atoms with E-state index in [9.17, 15) is 18.0 Å². The number of sulfonamides is 1. The Labute approximate surface area is 259 Å². The SMILES string of the molecule is CNC(=O)[C@H](Cc1ccccc1)N(Cc1ccccc1Cl)C(=O)CN(c1ccc(C(C)C)cc1)S(=O)(=O)c1ccccc1. The lowest BCUT2D eigenvalue weighted by molar-refractivity contribution is -0.139. The molecule has 0 bridgehead atoms. The van der Waals surface area contributed by atoms with Gasteiger partial charge in [0.05, 0.1) is 10.6 Å². The molecule has 0 aromatic heterocycles. The molecule has 0 radical (unpaired) electrons. The highest BCUT2D eigenvalue weighted by Gasteiger charge is 2.34. The van der Waals surface area contributed by atoms with Crippen molar-refractivity contribution in [2.24, 2.45) is 0 Å². The van der Waals surface area contributed by atoms with E-state index in [1.54, 1.807) is 54.6 Å². The molecule has 1 atom stereocenters. The van der Waals surface area contributed by atoms with Gasteiger partial charge in [-0.05, 0) is 52.9 Å². The predicted molar refractivity (Wildman–Crippen MR) is 172 cm³/mol. The Bertz CT molecular complexity index is 1630. The zero-order valence-corrected chi connectivity index (χ0v) is 26.1. The van der Waals surface area contributed by atoms with E-state index in [4.69, 9.17) is 11.6 Å². The monoisotopic (exact) mass is 617 g/mol. The summed E-state index contributed by atoms with van der Waals surface area (Å²) >= 11 is 6.50. The highest BCUT2D eigenvalue weighted by molar-refractivity contribution is 7.92. The first-order chi connectivity index (χ1) is 20.6. The second-order valence-electron chi connectivity index (χ2n) is 10.5. The number of nitrogens with zero attached hydrogens (tertiary/aromatic N) is 2. The van der Waals surface area contributed by atoms with Gasteiger partial charge in [0.15, 0.2) is 0 Å². The summed E-state index contributed by atoms with van der Waals surface area (Å²) in [6.45, 7) is 3.59. The molecule has 0 saturated heterocycles. The van der Waals surface area contributed by atoms with Crippen molar-refractivity contribution < 1.29 is 18.0 Å². The summed E-state index contributed by atoms with van der Waals surface area (Å²) < 4.78 is 29.2. The third-order valence-corrected chi connectivity index (χ3v) is 9.43. The molecule has 2 amide bonds. The molecule has 0 aliphatic rings. The molecular weight excluding hydrogens is 582 g/mol. The molecule has 0 saturated carbocycles. The van der Waals surface area contributed by atoms with Gasteiger partial charge >= 0.3 is 0 Å². The van der Waals surface area contributed by atoms with Gasteiger partial charge in [0.2, 0.25) is 11.8 Å². The number of benzene rings is 4. The topological polar surface area (TPSA) is 86.8 Å². The van der Waals surface area contributed by atoms with E-state index in [0.717, 1.165) is 15.4 Å². The Hall–Kier alpha value is -4.14. The molecule has 7 nitrogen and oxygen atoms in total. The number of carbonyl (C=O) groups is 2. The molecule has 1 N–H and O–H groups in total. The number of likely N-dealkylation sites (N-methyl/N-ethyl adjacent to an activating group) is 1. The van der Waals surface area contributed by atoms with Crippen molar-refractivity contribution >= 4 is 39.1 Å². The number of hydrogen-bond acceptors (Lipinski definition) is 4. The number of anilines is 1. The van der Waals surface area contributed by atoms with E-state index in [0.29, 0.717) is 16.3 Å². The fourth-order valence-corrected chi connectivity index (χ4v) is 6.44. The molecule has 224 valence electrons. The van der Waals surface area contributed by atoms with Crippen LogP contribution in [0, 0.1) is 0 Å². The van der Waals surface area contributed by atoms with Crippen molar-refractivity contribution in [3.63, 3.8) is 0 Å². The average Bonchev–Trinajstić information content (AvgIpc) is 3.02. The van der Waals surface area contributed by atoms with E-state index in [2.05, 4.69) is 19.2 Å². The van der Waals surface area contributed by atoms with Crippen LogP contribution < -0.4 is 9.62 Å². The van der Waals surface area contributed by atoms with Gasteiger partial charge in [-0.1, -0.05) is 104 Å².